The van der Waals surface area contributed by atoms with E-state index in [1.807, 2.05) is 37.4 Å². The van der Waals surface area contributed by atoms with Gasteiger partial charge in [-0.2, -0.15) is 40.5 Å². The highest BCUT2D eigenvalue weighted by molar-refractivity contribution is 7.59. The molecule has 3 aliphatic rings. The van der Waals surface area contributed by atoms with E-state index in [1.54, 1.807) is 0 Å². The number of aryl methyl sites for hydroxylation is 1. The number of hydrogen-bond acceptors (Lipinski definition) is 5. The van der Waals surface area contributed by atoms with Gasteiger partial charge in [-0.25, -0.2) is 0 Å². The Morgan fingerprint density at radius 1 is 0.974 bits per heavy atom. The SMILES string of the molecule is Cc1cc2c(OC[C@@H](O)CN3C[C@@H]4C/C=C\C[C@H]3CN4c3cccc4ncccc34)cccc2[nH]1.S.S.S. The molecular weight excluding hydrogens is 533 g/mol. The molecular formula is C29H38N4O2S3. The second kappa shape index (κ2) is 13.2. The summed E-state index contributed by atoms with van der Waals surface area (Å²) in [5, 5.41) is 13.2. The van der Waals surface area contributed by atoms with Crippen molar-refractivity contribution in [1.82, 2.24) is 14.9 Å². The van der Waals surface area contributed by atoms with E-state index in [0.717, 1.165) is 53.8 Å². The maximum absolute atomic E-state index is 10.9. The molecule has 38 heavy (non-hydrogen) atoms. The molecule has 3 aliphatic heterocycles. The molecule has 0 saturated carbocycles. The summed E-state index contributed by atoms with van der Waals surface area (Å²) in [4.78, 5) is 12.9. The van der Waals surface area contributed by atoms with Gasteiger partial charge in [-0.15, -0.1) is 0 Å². The van der Waals surface area contributed by atoms with Crippen molar-refractivity contribution in [3.63, 3.8) is 0 Å². The fourth-order valence-electron chi connectivity index (χ4n) is 5.70. The minimum Gasteiger partial charge on any atom is -0.490 e. The third-order valence-corrected chi connectivity index (χ3v) is 7.36. The van der Waals surface area contributed by atoms with Gasteiger partial charge in [0.15, 0.2) is 0 Å². The van der Waals surface area contributed by atoms with Crippen LogP contribution in [0.5, 0.6) is 5.75 Å². The Labute approximate surface area is 245 Å². The van der Waals surface area contributed by atoms with E-state index < -0.39 is 6.10 Å². The molecule has 0 aliphatic carbocycles. The predicted molar refractivity (Wildman–Crippen MR) is 172 cm³/mol. The van der Waals surface area contributed by atoms with Crippen LogP contribution >= 0.6 is 40.5 Å². The lowest BCUT2D eigenvalue weighted by Crippen LogP contribution is -2.60. The molecule has 6 nitrogen and oxygen atoms in total. The lowest BCUT2D eigenvalue weighted by Gasteiger charge is -2.49. The van der Waals surface area contributed by atoms with Crippen LogP contribution in [0.3, 0.4) is 0 Å². The van der Waals surface area contributed by atoms with Crippen LogP contribution in [0.25, 0.3) is 21.8 Å². The molecule has 0 radical (unpaired) electrons. The van der Waals surface area contributed by atoms with Gasteiger partial charge in [-0.05, 0) is 62.2 Å². The zero-order chi connectivity index (χ0) is 23.8. The number of aromatic nitrogens is 2. The first-order chi connectivity index (χ1) is 17.2. The smallest absolute Gasteiger partial charge is 0.128 e. The number of anilines is 1. The average molecular weight is 571 g/mol. The van der Waals surface area contributed by atoms with E-state index in [9.17, 15) is 5.11 Å². The van der Waals surface area contributed by atoms with Crippen molar-refractivity contribution in [1.29, 1.82) is 0 Å². The molecule has 2 N–H and O–H groups in total. The van der Waals surface area contributed by atoms with Crippen molar-refractivity contribution >= 4 is 68.0 Å². The number of aromatic amines is 1. The molecule has 1 fully saturated rings. The molecule has 0 spiro atoms. The van der Waals surface area contributed by atoms with Gasteiger partial charge in [0.25, 0.3) is 0 Å². The lowest BCUT2D eigenvalue weighted by atomic mass is 9.95. The number of rotatable bonds is 6. The zero-order valence-corrected chi connectivity index (χ0v) is 24.6. The van der Waals surface area contributed by atoms with Gasteiger partial charge in [0.1, 0.15) is 18.5 Å². The Balaban J connectivity index is 0.00000133. The molecule has 3 atom stereocenters. The number of nitrogens with one attached hydrogen (secondary N) is 1. The van der Waals surface area contributed by atoms with Crippen LogP contribution in [0.2, 0.25) is 0 Å². The maximum atomic E-state index is 10.9. The topological polar surface area (TPSA) is 64.6 Å². The van der Waals surface area contributed by atoms with E-state index in [0.29, 0.717) is 18.6 Å². The highest BCUT2D eigenvalue weighted by atomic mass is 32.1. The maximum Gasteiger partial charge on any atom is 0.128 e. The van der Waals surface area contributed by atoms with Crippen LogP contribution in [-0.2, 0) is 0 Å². The highest BCUT2D eigenvalue weighted by Crippen LogP contribution is 2.33. The summed E-state index contributed by atoms with van der Waals surface area (Å²) >= 11 is 0. The fourth-order valence-corrected chi connectivity index (χ4v) is 5.70. The van der Waals surface area contributed by atoms with Gasteiger partial charge >= 0.3 is 0 Å². The number of nitrogens with zero attached hydrogens (tertiary/aromatic N) is 3. The highest BCUT2D eigenvalue weighted by Gasteiger charge is 2.35. The number of ether oxygens (including phenoxy) is 1. The van der Waals surface area contributed by atoms with Gasteiger partial charge in [0.2, 0.25) is 0 Å². The van der Waals surface area contributed by atoms with Crippen molar-refractivity contribution < 1.29 is 9.84 Å². The molecule has 0 amide bonds. The summed E-state index contributed by atoms with van der Waals surface area (Å²) in [5.74, 6) is 0.818. The molecule has 0 unspecified atom stereocenters. The molecule has 204 valence electrons. The normalized spacial score (nSPS) is 20.5. The van der Waals surface area contributed by atoms with Gasteiger partial charge in [0.05, 0.1) is 5.52 Å². The first-order valence-corrected chi connectivity index (χ1v) is 12.5. The first kappa shape index (κ1) is 30.2. The average Bonchev–Trinajstić information content (AvgIpc) is 3.24. The van der Waals surface area contributed by atoms with Crippen molar-refractivity contribution in [3.05, 3.63) is 78.6 Å². The molecule has 9 heteroatoms. The third kappa shape index (κ3) is 6.13. The van der Waals surface area contributed by atoms with Gasteiger partial charge in [-0.1, -0.05) is 24.3 Å². The van der Waals surface area contributed by atoms with E-state index in [4.69, 9.17) is 4.74 Å². The van der Waals surface area contributed by atoms with E-state index in [1.165, 1.54) is 11.1 Å². The molecule has 7 rings (SSSR count). The van der Waals surface area contributed by atoms with E-state index >= 15 is 0 Å². The Kier molecular flexibility index (Phi) is 10.5. The third-order valence-electron chi connectivity index (χ3n) is 7.36. The van der Waals surface area contributed by atoms with Crippen molar-refractivity contribution in [2.45, 2.75) is 38.0 Å². The summed E-state index contributed by atoms with van der Waals surface area (Å²) in [5.41, 5.74) is 4.47. The van der Waals surface area contributed by atoms with E-state index in [2.05, 4.69) is 62.3 Å². The monoisotopic (exact) mass is 570 g/mol. The standard InChI is InChI=1S/C29H32N4O2.3H2S/c1-20-15-25-27(31-20)11-5-13-29(25)35-19-23(34)18-32-16-22-8-3-2-7-21(32)17-33(22)28-12-4-10-26-24(28)9-6-14-30-26;;;/h2-6,9-15,21-23,31,34H,7-8,16-19H2,1H3;3*1H2/b3-2-;;;/t21-,22-,23-;;;/m0.../s1. The Morgan fingerprint density at radius 2 is 1.76 bits per heavy atom. The molecule has 2 bridgehead atoms. The minimum atomic E-state index is -0.551. The number of aliphatic hydroxyl groups excluding tert-OH is 1. The minimum absolute atomic E-state index is 0. The number of hydrogen-bond donors (Lipinski definition) is 2. The lowest BCUT2D eigenvalue weighted by molar-refractivity contribution is 0.0409. The number of fused-ring (bicyclic) bond motifs is 6. The fraction of sp³-hybridized carbons (Fsp3) is 0.345. The molecule has 1 saturated heterocycles. The molecule has 4 aromatic rings. The zero-order valence-electron chi connectivity index (χ0n) is 21.6. The summed E-state index contributed by atoms with van der Waals surface area (Å²) in [7, 11) is 0. The largest absolute Gasteiger partial charge is 0.490 e. The number of pyridine rings is 1. The number of H-pyrrole nitrogens is 1. The molecule has 2 aromatic heterocycles. The first-order valence-electron chi connectivity index (χ1n) is 12.5. The second-order valence-electron chi connectivity index (χ2n) is 9.84. The number of piperazine rings is 1. The quantitative estimate of drug-likeness (QED) is 0.319. The van der Waals surface area contributed by atoms with Crippen molar-refractivity contribution in [2.24, 2.45) is 0 Å². The van der Waals surface area contributed by atoms with E-state index in [-0.39, 0.29) is 47.1 Å². The molecule has 5 heterocycles. The summed E-state index contributed by atoms with van der Waals surface area (Å²) < 4.78 is 6.08. The van der Waals surface area contributed by atoms with Gasteiger partial charge in [-0.3, -0.25) is 9.88 Å². The van der Waals surface area contributed by atoms with Gasteiger partial charge < -0.3 is 19.7 Å². The summed E-state index contributed by atoms with van der Waals surface area (Å²) in [6, 6.07) is 19.4. The second-order valence-corrected chi connectivity index (χ2v) is 9.84. The summed E-state index contributed by atoms with van der Waals surface area (Å²) in [6.45, 7) is 4.81. The van der Waals surface area contributed by atoms with Crippen LogP contribution in [0.4, 0.5) is 5.69 Å². The van der Waals surface area contributed by atoms with Crippen molar-refractivity contribution in [3.8, 4) is 5.75 Å². The van der Waals surface area contributed by atoms with Crippen LogP contribution in [0.15, 0.2) is 72.9 Å². The Morgan fingerprint density at radius 3 is 2.61 bits per heavy atom. The Hall–Kier alpha value is -2.30. The Bertz CT molecular complexity index is 1370. The summed E-state index contributed by atoms with van der Waals surface area (Å²) in [6.07, 6.45) is 7.93. The van der Waals surface area contributed by atoms with Gasteiger partial charge in [0, 0.05) is 65.6 Å². The van der Waals surface area contributed by atoms with Crippen LogP contribution in [-0.4, -0.2) is 64.4 Å². The van der Waals surface area contributed by atoms with Crippen molar-refractivity contribution in [2.75, 3.05) is 31.1 Å². The van der Waals surface area contributed by atoms with Crippen LogP contribution in [0, 0.1) is 6.92 Å². The number of benzene rings is 2. The van der Waals surface area contributed by atoms with Crippen LogP contribution < -0.4 is 9.64 Å². The van der Waals surface area contributed by atoms with Crippen LogP contribution in [0.1, 0.15) is 18.5 Å². The predicted octanol–water partition coefficient (Wildman–Crippen LogP) is 5.01. The molecule has 2 aromatic carbocycles. The number of aliphatic hydroxyl groups is 1.